The zero-order valence-electron chi connectivity index (χ0n) is 11.2. The summed E-state index contributed by atoms with van der Waals surface area (Å²) in [6, 6.07) is 5.15. The van der Waals surface area contributed by atoms with Gasteiger partial charge in [-0.3, -0.25) is 0 Å². The van der Waals surface area contributed by atoms with Gasteiger partial charge in [0.05, 0.1) is 5.02 Å². The highest BCUT2D eigenvalue weighted by atomic mass is 35.5. The fourth-order valence-electron chi connectivity index (χ4n) is 2.31. The van der Waals surface area contributed by atoms with E-state index in [0.717, 1.165) is 12.0 Å². The number of halogens is 1. The normalized spacial score (nSPS) is 20.9. The van der Waals surface area contributed by atoms with E-state index >= 15 is 0 Å². The van der Waals surface area contributed by atoms with Crippen LogP contribution in [0.1, 0.15) is 18.9 Å². The average Bonchev–Trinajstić information content (AvgIpc) is 2.79. The molecule has 4 nitrogen and oxygen atoms in total. The number of hydrogen-bond acceptors (Lipinski definition) is 3. The van der Waals surface area contributed by atoms with Gasteiger partial charge >= 0.3 is 0 Å². The molecule has 0 aromatic heterocycles. The van der Waals surface area contributed by atoms with Gasteiger partial charge in [0.1, 0.15) is 4.90 Å². The number of sulfonamides is 1. The van der Waals surface area contributed by atoms with Gasteiger partial charge in [-0.25, -0.2) is 8.42 Å². The summed E-state index contributed by atoms with van der Waals surface area (Å²) in [5.41, 5.74) is 0.915. The maximum absolute atomic E-state index is 12.6. The molecule has 1 aromatic rings. The van der Waals surface area contributed by atoms with Crippen LogP contribution >= 0.6 is 11.6 Å². The first kappa shape index (κ1) is 14.8. The molecule has 0 bridgehead atoms. The number of rotatable bonds is 4. The van der Waals surface area contributed by atoms with Crippen LogP contribution in [-0.4, -0.2) is 32.9 Å². The summed E-state index contributed by atoms with van der Waals surface area (Å²) in [6.07, 6.45) is 0.910. The van der Waals surface area contributed by atoms with E-state index < -0.39 is 10.0 Å². The number of benzene rings is 1. The first-order chi connectivity index (χ1) is 8.95. The Morgan fingerprint density at radius 2 is 2.21 bits per heavy atom. The molecule has 1 aliphatic rings. The summed E-state index contributed by atoms with van der Waals surface area (Å²) in [4.78, 5) is 0.219. The molecule has 106 valence electrons. The van der Waals surface area contributed by atoms with Crippen LogP contribution in [0.2, 0.25) is 5.02 Å². The maximum Gasteiger partial charge on any atom is 0.244 e. The van der Waals surface area contributed by atoms with Gasteiger partial charge in [-0.2, -0.15) is 4.31 Å². The molecule has 1 saturated heterocycles. The van der Waals surface area contributed by atoms with Crippen molar-refractivity contribution in [1.82, 2.24) is 9.62 Å². The largest absolute Gasteiger partial charge is 0.316 e. The van der Waals surface area contributed by atoms with Crippen molar-refractivity contribution in [2.75, 3.05) is 20.1 Å². The van der Waals surface area contributed by atoms with Crippen LogP contribution in [0.4, 0.5) is 0 Å². The Bertz CT molecular complexity index is 560. The first-order valence-corrected chi connectivity index (χ1v) is 8.20. The van der Waals surface area contributed by atoms with E-state index in [1.807, 2.05) is 13.1 Å². The maximum atomic E-state index is 12.6. The van der Waals surface area contributed by atoms with E-state index in [4.69, 9.17) is 11.6 Å². The predicted octanol–water partition coefficient (Wildman–Crippen LogP) is 2.09. The van der Waals surface area contributed by atoms with Crippen LogP contribution in [-0.2, 0) is 16.6 Å². The van der Waals surface area contributed by atoms with Gasteiger partial charge in [0.2, 0.25) is 10.0 Å². The van der Waals surface area contributed by atoms with E-state index in [2.05, 4.69) is 12.2 Å². The molecule has 0 spiro atoms. The fourth-order valence-corrected chi connectivity index (χ4v) is 4.41. The monoisotopic (exact) mass is 302 g/mol. The minimum Gasteiger partial charge on any atom is -0.316 e. The van der Waals surface area contributed by atoms with Crippen molar-refractivity contribution in [2.24, 2.45) is 5.92 Å². The molecule has 1 unspecified atom stereocenters. The lowest BCUT2D eigenvalue weighted by Crippen LogP contribution is -2.29. The molecule has 1 heterocycles. The summed E-state index contributed by atoms with van der Waals surface area (Å²) in [5, 5.41) is 3.30. The van der Waals surface area contributed by atoms with Crippen molar-refractivity contribution in [3.63, 3.8) is 0 Å². The lowest BCUT2D eigenvalue weighted by atomic mass is 10.2. The highest BCUT2D eigenvalue weighted by Crippen LogP contribution is 2.29. The van der Waals surface area contributed by atoms with E-state index in [9.17, 15) is 8.42 Å². The van der Waals surface area contributed by atoms with Crippen molar-refractivity contribution in [2.45, 2.75) is 24.8 Å². The summed E-state index contributed by atoms with van der Waals surface area (Å²) < 4.78 is 26.7. The predicted molar refractivity (Wildman–Crippen MR) is 76.8 cm³/mol. The van der Waals surface area contributed by atoms with Crippen LogP contribution in [0.3, 0.4) is 0 Å². The second-order valence-electron chi connectivity index (χ2n) is 5.05. The molecule has 2 rings (SSSR count). The van der Waals surface area contributed by atoms with Gasteiger partial charge in [0.25, 0.3) is 0 Å². The van der Waals surface area contributed by atoms with Gasteiger partial charge in [-0.05, 0) is 37.1 Å². The van der Waals surface area contributed by atoms with Crippen LogP contribution in [0.5, 0.6) is 0 Å². The van der Waals surface area contributed by atoms with Gasteiger partial charge < -0.3 is 5.32 Å². The Balaban J connectivity index is 2.36. The molecule has 0 saturated carbocycles. The highest BCUT2D eigenvalue weighted by Gasteiger charge is 2.32. The molecule has 0 radical (unpaired) electrons. The topological polar surface area (TPSA) is 49.4 Å². The molecule has 19 heavy (non-hydrogen) atoms. The molecule has 1 aliphatic heterocycles. The third kappa shape index (κ3) is 3.11. The Morgan fingerprint density at radius 3 is 2.79 bits per heavy atom. The van der Waals surface area contributed by atoms with Crippen molar-refractivity contribution < 1.29 is 8.42 Å². The molecule has 0 amide bonds. The summed E-state index contributed by atoms with van der Waals surface area (Å²) in [7, 11) is -1.65. The molecule has 1 aromatic carbocycles. The second-order valence-corrected chi connectivity index (χ2v) is 7.37. The molecule has 1 atom stereocenters. The third-order valence-electron chi connectivity index (χ3n) is 3.38. The van der Waals surface area contributed by atoms with E-state index in [-0.39, 0.29) is 4.90 Å². The standard InChI is InChI=1S/C13H19ClN2O2S/c1-10-5-6-16(9-10)19(17,18)13-7-11(8-15-2)3-4-12(13)14/h3-4,7,10,15H,5-6,8-9H2,1-2H3. The van der Waals surface area contributed by atoms with E-state index in [1.165, 1.54) is 4.31 Å². The van der Waals surface area contributed by atoms with E-state index in [0.29, 0.717) is 30.6 Å². The number of nitrogens with zero attached hydrogens (tertiary/aromatic N) is 1. The third-order valence-corrected chi connectivity index (χ3v) is 5.73. The van der Waals surface area contributed by atoms with Crippen molar-refractivity contribution >= 4 is 21.6 Å². The minimum absolute atomic E-state index is 0.219. The van der Waals surface area contributed by atoms with Crippen molar-refractivity contribution in [3.8, 4) is 0 Å². The van der Waals surface area contributed by atoms with Crippen LogP contribution in [0, 0.1) is 5.92 Å². The van der Waals surface area contributed by atoms with Crippen LogP contribution in [0.25, 0.3) is 0 Å². The number of hydrogen-bond donors (Lipinski definition) is 1. The lowest BCUT2D eigenvalue weighted by molar-refractivity contribution is 0.464. The second kappa shape index (κ2) is 5.79. The Hall–Kier alpha value is -0.620. The number of nitrogens with one attached hydrogen (secondary N) is 1. The quantitative estimate of drug-likeness (QED) is 0.926. The zero-order valence-corrected chi connectivity index (χ0v) is 12.8. The van der Waals surface area contributed by atoms with E-state index in [1.54, 1.807) is 12.1 Å². The highest BCUT2D eigenvalue weighted by molar-refractivity contribution is 7.89. The smallest absolute Gasteiger partial charge is 0.244 e. The fraction of sp³-hybridized carbons (Fsp3) is 0.538. The van der Waals surface area contributed by atoms with Gasteiger partial charge in [-0.1, -0.05) is 24.6 Å². The SMILES string of the molecule is CNCc1ccc(Cl)c(S(=O)(=O)N2CCC(C)C2)c1. The van der Waals surface area contributed by atoms with Gasteiger partial charge in [0, 0.05) is 19.6 Å². The van der Waals surface area contributed by atoms with Gasteiger partial charge in [-0.15, -0.1) is 0 Å². The first-order valence-electron chi connectivity index (χ1n) is 6.38. The Labute approximate surface area is 119 Å². The Kier molecular flexibility index (Phi) is 4.50. The van der Waals surface area contributed by atoms with Crippen molar-refractivity contribution in [3.05, 3.63) is 28.8 Å². The zero-order chi connectivity index (χ0) is 14.0. The van der Waals surface area contributed by atoms with Crippen LogP contribution < -0.4 is 5.32 Å². The molecule has 0 aliphatic carbocycles. The van der Waals surface area contributed by atoms with Crippen LogP contribution in [0.15, 0.2) is 23.1 Å². The van der Waals surface area contributed by atoms with Gasteiger partial charge in [0.15, 0.2) is 0 Å². The molecular weight excluding hydrogens is 284 g/mol. The molecule has 6 heteroatoms. The molecule has 1 N–H and O–H groups in total. The average molecular weight is 303 g/mol. The molecule has 1 fully saturated rings. The Morgan fingerprint density at radius 1 is 1.47 bits per heavy atom. The van der Waals surface area contributed by atoms with Crippen molar-refractivity contribution in [1.29, 1.82) is 0 Å². The summed E-state index contributed by atoms with van der Waals surface area (Å²) in [5.74, 6) is 0.411. The summed E-state index contributed by atoms with van der Waals surface area (Å²) >= 11 is 6.07. The molecular formula is C13H19ClN2O2S. The lowest BCUT2D eigenvalue weighted by Gasteiger charge is -2.17. The minimum atomic E-state index is -3.47. The summed E-state index contributed by atoms with van der Waals surface area (Å²) in [6.45, 7) is 3.84.